The summed E-state index contributed by atoms with van der Waals surface area (Å²) < 4.78 is 33.2. The number of epoxide rings is 2. The van der Waals surface area contributed by atoms with Crippen molar-refractivity contribution in [2.75, 3.05) is 39.6 Å². The average Bonchev–Trinajstić information content (AvgIpc) is 3.96. The minimum atomic E-state index is -0.762. The van der Waals surface area contributed by atoms with Crippen LogP contribution in [-0.2, 0) is 9.47 Å². The molecular weight excluding hydrogens is 530 g/mol. The highest BCUT2D eigenvalue weighted by atomic mass is 16.6. The van der Waals surface area contributed by atoms with Gasteiger partial charge in [0.05, 0.1) is 13.2 Å². The van der Waals surface area contributed by atoms with Crippen molar-refractivity contribution in [1.29, 1.82) is 0 Å². The molecule has 2 fully saturated rings. The van der Waals surface area contributed by atoms with E-state index in [0.717, 1.165) is 46.6 Å². The number of hydrogen-bond donors (Lipinski definition) is 1. The quantitative estimate of drug-likeness (QED) is 0.163. The average molecular weight is 562 g/mol. The summed E-state index contributed by atoms with van der Waals surface area (Å²) in [4.78, 5) is 0. The Morgan fingerprint density at radius 1 is 0.524 bits per heavy atom. The van der Waals surface area contributed by atoms with E-state index in [0.29, 0.717) is 24.7 Å². The molecule has 0 aliphatic carbocycles. The highest BCUT2D eigenvalue weighted by Gasteiger charge is 2.23. The molecule has 2 unspecified atom stereocenters. The highest BCUT2D eigenvalue weighted by molar-refractivity contribution is 6.67. The number of aliphatic hydroxyl groups excluding tert-OH is 1. The van der Waals surface area contributed by atoms with Gasteiger partial charge in [0, 0.05) is 0 Å². The molecule has 6 rings (SSSR count). The second kappa shape index (κ2) is 13.8. The van der Waals surface area contributed by atoms with E-state index in [2.05, 4.69) is 14.6 Å². The van der Waals surface area contributed by atoms with Crippen LogP contribution >= 0.6 is 0 Å². The highest BCUT2D eigenvalue weighted by Crippen LogP contribution is 2.15. The summed E-state index contributed by atoms with van der Waals surface area (Å²) in [7, 11) is 4.17. The van der Waals surface area contributed by atoms with Gasteiger partial charge in [0.15, 0.2) is 14.6 Å². The monoisotopic (exact) mass is 562 g/mol. The van der Waals surface area contributed by atoms with Crippen molar-refractivity contribution >= 4 is 36.4 Å². The fourth-order valence-electron chi connectivity index (χ4n) is 4.17. The lowest BCUT2D eigenvalue weighted by atomic mass is 9.64. The topological polar surface area (TPSA) is 82.2 Å². The van der Waals surface area contributed by atoms with Crippen molar-refractivity contribution in [2.24, 2.45) is 0 Å². The van der Waals surface area contributed by atoms with Gasteiger partial charge < -0.3 is 33.5 Å². The first-order valence-corrected chi connectivity index (χ1v) is 14.2. The molecule has 4 aromatic carbocycles. The van der Waals surface area contributed by atoms with Crippen LogP contribution in [0.3, 0.4) is 0 Å². The first kappa shape index (κ1) is 28.2. The smallest absolute Gasteiger partial charge is 0.191 e. The predicted molar refractivity (Wildman–Crippen MR) is 163 cm³/mol. The zero-order chi connectivity index (χ0) is 28.6. The van der Waals surface area contributed by atoms with E-state index in [9.17, 15) is 5.11 Å². The van der Waals surface area contributed by atoms with Crippen LogP contribution in [-0.4, -0.2) is 77.6 Å². The van der Waals surface area contributed by atoms with Crippen molar-refractivity contribution in [3.63, 3.8) is 0 Å². The normalized spacial score (nSPS) is 17.5. The van der Waals surface area contributed by atoms with Crippen molar-refractivity contribution < 1.29 is 33.5 Å². The zero-order valence-electron chi connectivity index (χ0n) is 23.3. The molecule has 9 heteroatoms. The van der Waals surface area contributed by atoms with Crippen LogP contribution in [0.1, 0.15) is 0 Å². The third-order valence-electron chi connectivity index (χ3n) is 6.75. The van der Waals surface area contributed by atoms with Gasteiger partial charge in [-0.05, 0) is 48.5 Å². The van der Waals surface area contributed by atoms with Crippen LogP contribution in [0.25, 0.3) is 0 Å². The molecule has 0 spiro atoms. The SMILES string of the molecule is OC(COc1ccc([B]c2ccc(OCC3CO3)cc2)cc1)COc1ccc([B]c2ccc(OCC3CO3)cc2)cc1. The zero-order valence-corrected chi connectivity index (χ0v) is 23.3. The molecule has 0 saturated carbocycles. The molecule has 2 heterocycles. The number of benzene rings is 4. The number of hydrogen-bond acceptors (Lipinski definition) is 7. The van der Waals surface area contributed by atoms with Gasteiger partial charge in [-0.15, -0.1) is 0 Å². The lowest BCUT2D eigenvalue weighted by Gasteiger charge is -2.14. The largest absolute Gasteiger partial charge is 0.491 e. The summed E-state index contributed by atoms with van der Waals surface area (Å²) in [5, 5.41) is 10.4. The van der Waals surface area contributed by atoms with Gasteiger partial charge in [-0.25, -0.2) is 0 Å². The maximum atomic E-state index is 10.4. The molecule has 0 amide bonds. The summed E-state index contributed by atoms with van der Waals surface area (Å²) >= 11 is 0. The molecule has 0 bridgehead atoms. The second-order valence-corrected chi connectivity index (χ2v) is 10.4. The molecule has 2 aliphatic rings. The predicted octanol–water partition coefficient (Wildman–Crippen LogP) is 1.37. The standard InChI is InChI=1S/C33H32B2O7/c36-27(17-37-28-9-1-23(2-10-28)34-25-5-13-30(14-6-25)39-19-32-21-41-32)18-38-29-11-3-24(4-12-29)35-26-7-15-31(16-8-26)40-20-33-22-42-33/h1-16,27,32-33,36H,17-22H2. The van der Waals surface area contributed by atoms with Gasteiger partial charge in [0.25, 0.3) is 0 Å². The van der Waals surface area contributed by atoms with Crippen LogP contribution in [0.4, 0.5) is 0 Å². The Morgan fingerprint density at radius 3 is 1.10 bits per heavy atom. The van der Waals surface area contributed by atoms with Crippen LogP contribution < -0.4 is 40.8 Å². The van der Waals surface area contributed by atoms with E-state index in [1.807, 2.05) is 97.1 Å². The fourth-order valence-corrected chi connectivity index (χ4v) is 4.17. The summed E-state index contributed by atoms with van der Waals surface area (Å²) in [5.41, 5.74) is 4.27. The van der Waals surface area contributed by atoms with E-state index < -0.39 is 6.10 Å². The van der Waals surface area contributed by atoms with Crippen LogP contribution in [0, 0.1) is 0 Å². The van der Waals surface area contributed by atoms with Crippen LogP contribution in [0.2, 0.25) is 0 Å². The molecule has 2 atom stereocenters. The summed E-state index contributed by atoms with van der Waals surface area (Å²) in [5.74, 6) is 3.06. The van der Waals surface area contributed by atoms with Gasteiger partial charge in [-0.3, -0.25) is 0 Å². The number of rotatable bonds is 16. The molecule has 2 radical (unpaired) electrons. The Morgan fingerprint density at radius 2 is 0.810 bits per heavy atom. The molecule has 4 aromatic rings. The Labute approximate surface area is 247 Å². The van der Waals surface area contributed by atoms with Crippen molar-refractivity contribution in [2.45, 2.75) is 18.3 Å². The third-order valence-corrected chi connectivity index (χ3v) is 6.75. The maximum Gasteiger partial charge on any atom is 0.191 e. The van der Waals surface area contributed by atoms with Crippen LogP contribution in [0.15, 0.2) is 97.1 Å². The van der Waals surface area contributed by atoms with E-state index in [1.54, 1.807) is 0 Å². The lowest BCUT2D eigenvalue weighted by molar-refractivity contribution is 0.0626. The van der Waals surface area contributed by atoms with Gasteiger partial charge in [0.1, 0.15) is 67.7 Å². The fraction of sp³-hybridized carbons (Fsp3) is 0.273. The minimum Gasteiger partial charge on any atom is -0.491 e. The molecule has 2 aliphatic heterocycles. The van der Waals surface area contributed by atoms with Gasteiger partial charge >= 0.3 is 0 Å². The van der Waals surface area contributed by atoms with Gasteiger partial charge in [-0.2, -0.15) is 0 Å². The molecule has 2 saturated heterocycles. The summed E-state index contributed by atoms with van der Waals surface area (Å²) in [6, 6.07) is 31.5. The summed E-state index contributed by atoms with van der Waals surface area (Å²) in [6.07, 6.45) is -0.269. The first-order valence-electron chi connectivity index (χ1n) is 14.2. The van der Waals surface area contributed by atoms with Crippen molar-refractivity contribution in [3.8, 4) is 23.0 Å². The summed E-state index contributed by atoms with van der Waals surface area (Å²) in [6.45, 7) is 3.05. The van der Waals surface area contributed by atoms with E-state index in [4.69, 9.17) is 28.4 Å². The second-order valence-electron chi connectivity index (χ2n) is 10.4. The maximum absolute atomic E-state index is 10.4. The Kier molecular flexibility index (Phi) is 9.30. The van der Waals surface area contributed by atoms with Crippen molar-refractivity contribution in [3.05, 3.63) is 97.1 Å². The van der Waals surface area contributed by atoms with E-state index >= 15 is 0 Å². The molecule has 1 N–H and O–H groups in total. The molecule has 212 valence electrons. The molecular formula is C33H32B2O7. The Balaban J connectivity index is 0.884. The molecule has 42 heavy (non-hydrogen) atoms. The number of aliphatic hydroxyl groups is 1. The van der Waals surface area contributed by atoms with Gasteiger partial charge in [-0.1, -0.05) is 70.4 Å². The van der Waals surface area contributed by atoms with E-state index in [1.165, 1.54) is 0 Å². The first-order chi connectivity index (χ1) is 20.6. The van der Waals surface area contributed by atoms with E-state index in [-0.39, 0.29) is 25.4 Å². The molecule has 7 nitrogen and oxygen atoms in total. The number of ether oxygens (including phenoxy) is 6. The van der Waals surface area contributed by atoms with Crippen molar-refractivity contribution in [1.82, 2.24) is 0 Å². The van der Waals surface area contributed by atoms with Crippen LogP contribution in [0.5, 0.6) is 23.0 Å². The van der Waals surface area contributed by atoms with Gasteiger partial charge in [0.2, 0.25) is 0 Å². The Bertz CT molecular complexity index is 1280. The third kappa shape index (κ3) is 9.05. The minimum absolute atomic E-state index is 0.135. The lowest BCUT2D eigenvalue weighted by Crippen LogP contribution is -2.27. The molecule has 0 aromatic heterocycles. The Hall–Kier alpha value is -3.91.